The molecule has 0 radical (unpaired) electrons. The van der Waals surface area contributed by atoms with Crippen LogP contribution in [0.15, 0.2) is 78.9 Å². The van der Waals surface area contributed by atoms with Crippen LogP contribution in [-0.4, -0.2) is 5.11 Å². The number of allylic oxidation sites excluding steroid dienone is 2. The van der Waals surface area contributed by atoms with E-state index in [4.69, 9.17) is 0 Å². The number of benzene rings is 2. The van der Waals surface area contributed by atoms with E-state index < -0.39 is 6.10 Å². The monoisotopic (exact) mass is 278 g/mol. The first kappa shape index (κ1) is 15.3. The van der Waals surface area contributed by atoms with Crippen molar-refractivity contribution in [2.75, 3.05) is 0 Å². The molecule has 2 rings (SSSR count). The molecule has 0 amide bonds. The molecule has 1 atom stereocenters. The molecule has 1 heteroatoms. The maximum absolute atomic E-state index is 10.8. The second-order valence-electron chi connectivity index (χ2n) is 5.08. The molecule has 0 spiro atoms. The predicted molar refractivity (Wildman–Crippen MR) is 91.2 cm³/mol. The summed E-state index contributed by atoms with van der Waals surface area (Å²) in [5, 5.41) is 13.1. The van der Waals surface area contributed by atoms with Crippen molar-refractivity contribution < 1.29 is 5.11 Å². The molecule has 0 aliphatic rings. The van der Waals surface area contributed by atoms with Gasteiger partial charge in [0.1, 0.15) is 6.10 Å². The normalized spacial score (nSPS) is 13.6. The van der Waals surface area contributed by atoms with E-state index in [0.29, 0.717) is 0 Å². The topological polar surface area (TPSA) is 20.2 Å². The summed E-state index contributed by atoms with van der Waals surface area (Å²) in [6, 6.07) is 14.2. The fourth-order valence-corrected chi connectivity index (χ4v) is 2.75. The average molecular weight is 278 g/mol. The van der Waals surface area contributed by atoms with Gasteiger partial charge in [0.05, 0.1) is 0 Å². The third-order valence-corrected chi connectivity index (χ3v) is 3.86. The van der Waals surface area contributed by atoms with E-state index in [-0.39, 0.29) is 0 Å². The van der Waals surface area contributed by atoms with E-state index in [9.17, 15) is 5.11 Å². The summed E-state index contributed by atoms with van der Waals surface area (Å²) in [6.45, 7) is 9.78. The molecule has 21 heavy (non-hydrogen) atoms. The van der Waals surface area contributed by atoms with Gasteiger partial charge in [0.2, 0.25) is 0 Å². The summed E-state index contributed by atoms with van der Waals surface area (Å²) in [5.74, 6) is 0. The van der Waals surface area contributed by atoms with E-state index in [0.717, 1.165) is 34.8 Å². The molecule has 0 aromatic heterocycles. The van der Waals surface area contributed by atoms with Gasteiger partial charge in [-0.05, 0) is 34.8 Å². The molecule has 0 aliphatic carbocycles. The Balaban J connectivity index is 2.57. The van der Waals surface area contributed by atoms with Gasteiger partial charge in [0, 0.05) is 0 Å². The minimum Gasteiger partial charge on any atom is -0.384 e. The second kappa shape index (κ2) is 7.05. The van der Waals surface area contributed by atoms with Gasteiger partial charge in [-0.25, -0.2) is 0 Å². The Labute approximate surface area is 126 Å². The van der Waals surface area contributed by atoms with Gasteiger partial charge in [-0.2, -0.15) is 0 Å². The number of aliphatic hydroxyl groups is 1. The quantitative estimate of drug-likeness (QED) is 0.558. The molecule has 0 fully saturated rings. The van der Waals surface area contributed by atoms with Crippen molar-refractivity contribution in [3.63, 3.8) is 0 Å². The van der Waals surface area contributed by atoms with Crippen molar-refractivity contribution in [3.05, 3.63) is 84.5 Å². The maximum atomic E-state index is 10.8. The number of aliphatic hydroxyl groups excluding tert-OH is 1. The van der Waals surface area contributed by atoms with Gasteiger partial charge in [0.25, 0.3) is 0 Å². The second-order valence-corrected chi connectivity index (χ2v) is 5.08. The van der Waals surface area contributed by atoms with Crippen molar-refractivity contribution in [1.29, 1.82) is 0 Å². The molecule has 0 aliphatic heterocycles. The third kappa shape index (κ3) is 3.14. The summed E-state index contributed by atoms with van der Waals surface area (Å²) in [4.78, 5) is 0. The first-order chi connectivity index (χ1) is 10.2. The number of hydrogen-bond donors (Lipinski definition) is 1. The van der Waals surface area contributed by atoms with Crippen molar-refractivity contribution in [1.82, 2.24) is 0 Å². The fraction of sp³-hybridized carbons (Fsp3) is 0.200. The number of rotatable bonds is 6. The zero-order chi connectivity index (χ0) is 15.2. The van der Waals surface area contributed by atoms with Crippen molar-refractivity contribution in [2.24, 2.45) is 0 Å². The van der Waals surface area contributed by atoms with E-state index in [1.54, 1.807) is 6.08 Å². The van der Waals surface area contributed by atoms with Crippen LogP contribution in [0.2, 0.25) is 0 Å². The van der Waals surface area contributed by atoms with E-state index in [1.165, 1.54) is 5.57 Å². The highest BCUT2D eigenvalue weighted by Gasteiger charge is 2.16. The summed E-state index contributed by atoms with van der Waals surface area (Å²) in [7, 11) is 0. The maximum Gasteiger partial charge on any atom is 0.105 e. The Hall–Kier alpha value is -2.12. The molecule has 1 unspecified atom stereocenters. The molecular weight excluding hydrogens is 256 g/mol. The highest BCUT2D eigenvalue weighted by atomic mass is 16.3. The van der Waals surface area contributed by atoms with Gasteiger partial charge in [-0.15, -0.1) is 6.58 Å². The zero-order valence-electron chi connectivity index (χ0n) is 12.5. The van der Waals surface area contributed by atoms with Crippen LogP contribution in [0.5, 0.6) is 0 Å². The van der Waals surface area contributed by atoms with Gasteiger partial charge in [-0.3, -0.25) is 0 Å². The van der Waals surface area contributed by atoms with E-state index in [1.807, 2.05) is 36.4 Å². The Bertz CT molecular complexity index is 674. The van der Waals surface area contributed by atoms with Gasteiger partial charge < -0.3 is 5.11 Å². The summed E-state index contributed by atoms with van der Waals surface area (Å²) < 4.78 is 0. The lowest BCUT2D eigenvalue weighted by Crippen LogP contribution is -2.04. The fourth-order valence-electron chi connectivity index (χ4n) is 2.75. The molecule has 1 N–H and O–H groups in total. The zero-order valence-corrected chi connectivity index (χ0v) is 12.5. The van der Waals surface area contributed by atoms with E-state index in [2.05, 4.69) is 32.2 Å². The highest BCUT2D eigenvalue weighted by molar-refractivity contribution is 5.86. The summed E-state index contributed by atoms with van der Waals surface area (Å²) in [6.07, 6.45) is 4.66. The van der Waals surface area contributed by atoms with Crippen molar-refractivity contribution >= 4 is 10.8 Å². The van der Waals surface area contributed by atoms with Crippen LogP contribution >= 0.6 is 0 Å². The highest BCUT2D eigenvalue weighted by Crippen LogP contribution is 2.32. The third-order valence-electron chi connectivity index (χ3n) is 3.86. The van der Waals surface area contributed by atoms with Gasteiger partial charge in [-0.1, -0.05) is 73.7 Å². The molecule has 2 aromatic carbocycles. The predicted octanol–water partition coefficient (Wildman–Crippen LogP) is 5.34. The lowest BCUT2D eigenvalue weighted by Gasteiger charge is -2.18. The van der Waals surface area contributed by atoms with Crippen LogP contribution in [0, 0.1) is 0 Å². The first-order valence-corrected chi connectivity index (χ1v) is 7.33. The summed E-state index contributed by atoms with van der Waals surface area (Å²) in [5.41, 5.74) is 3.01. The molecule has 0 bridgehead atoms. The van der Waals surface area contributed by atoms with Crippen LogP contribution in [0.25, 0.3) is 10.8 Å². The lowest BCUT2D eigenvalue weighted by atomic mass is 9.91. The molecule has 0 heterocycles. The molecule has 1 nitrogen and oxygen atoms in total. The van der Waals surface area contributed by atoms with Crippen LogP contribution in [0.4, 0.5) is 0 Å². The summed E-state index contributed by atoms with van der Waals surface area (Å²) >= 11 is 0. The molecule has 0 saturated heterocycles. The van der Waals surface area contributed by atoms with Crippen LogP contribution in [0.1, 0.15) is 31.4 Å². The lowest BCUT2D eigenvalue weighted by molar-refractivity contribution is 0.219. The number of hydrogen-bond acceptors (Lipinski definition) is 1. The van der Waals surface area contributed by atoms with Crippen molar-refractivity contribution in [2.45, 2.75) is 25.9 Å². The Kier molecular flexibility index (Phi) is 5.13. The minimum atomic E-state index is -0.650. The smallest absolute Gasteiger partial charge is 0.105 e. The Morgan fingerprint density at radius 3 is 2.52 bits per heavy atom. The first-order valence-electron chi connectivity index (χ1n) is 7.33. The minimum absolute atomic E-state index is 0.650. The molecule has 108 valence electrons. The van der Waals surface area contributed by atoms with Crippen LogP contribution < -0.4 is 0 Å². The van der Waals surface area contributed by atoms with Gasteiger partial charge >= 0.3 is 0 Å². The van der Waals surface area contributed by atoms with Gasteiger partial charge in [0.15, 0.2) is 0 Å². The Morgan fingerprint density at radius 2 is 1.86 bits per heavy atom. The molecular formula is C20H22O. The molecule has 2 aromatic rings. The largest absolute Gasteiger partial charge is 0.384 e. The van der Waals surface area contributed by atoms with Crippen LogP contribution in [-0.2, 0) is 0 Å². The Morgan fingerprint density at radius 1 is 1.14 bits per heavy atom. The van der Waals surface area contributed by atoms with Crippen molar-refractivity contribution in [3.8, 4) is 0 Å². The molecule has 0 saturated carbocycles. The number of fused-ring (bicyclic) bond motifs is 1. The standard InChI is InChI=1S/C20H22O/c1-4-10-15(5-2)17(6-3)20(21)19-14-9-12-16-11-7-8-13-18(16)19/h4,6-9,11-14,20-21H,1,3,5,10H2,2H3/b17-15+. The van der Waals surface area contributed by atoms with E-state index >= 15 is 0 Å². The average Bonchev–Trinajstić information content (AvgIpc) is 2.53. The SMILES string of the molecule is C=CC/C(CC)=C(\C=C)C(O)c1cccc2ccccc12. The van der Waals surface area contributed by atoms with Crippen LogP contribution in [0.3, 0.4) is 0 Å².